The van der Waals surface area contributed by atoms with E-state index < -0.39 is 0 Å². The van der Waals surface area contributed by atoms with Crippen molar-refractivity contribution >= 4 is 6.08 Å². The lowest BCUT2D eigenvalue weighted by Crippen LogP contribution is -1.95. The number of isocyanates is 1. The molecule has 1 rings (SSSR count). The van der Waals surface area contributed by atoms with Crippen molar-refractivity contribution in [1.29, 1.82) is 0 Å². The van der Waals surface area contributed by atoms with Gasteiger partial charge in [0.05, 0.1) is 6.54 Å². The largest absolute Gasteiger partial charge is 0.234 e. The number of hydrogen-bond acceptors (Lipinski definition) is 5. The van der Waals surface area contributed by atoms with Crippen LogP contribution < -0.4 is 0 Å². The second-order valence-corrected chi connectivity index (χ2v) is 3.19. The van der Waals surface area contributed by atoms with Crippen LogP contribution in [0.5, 0.6) is 0 Å². The molecule has 0 fully saturated rings. The van der Waals surface area contributed by atoms with E-state index in [2.05, 4.69) is 19.9 Å². The molecule has 15 heavy (non-hydrogen) atoms. The third-order valence-electron chi connectivity index (χ3n) is 2.03. The highest BCUT2D eigenvalue weighted by atomic mass is 16.1. The van der Waals surface area contributed by atoms with Gasteiger partial charge in [-0.2, -0.15) is 0 Å². The first-order valence-corrected chi connectivity index (χ1v) is 5.08. The van der Waals surface area contributed by atoms with E-state index in [-0.39, 0.29) is 0 Å². The first kappa shape index (κ1) is 11.5. The molecule has 0 bridgehead atoms. The van der Waals surface area contributed by atoms with Crippen molar-refractivity contribution in [2.24, 2.45) is 4.99 Å². The minimum absolute atomic E-state index is 0.593. The highest BCUT2D eigenvalue weighted by Crippen LogP contribution is 2.03. The number of aryl methyl sites for hydroxylation is 1. The van der Waals surface area contributed by atoms with E-state index in [1.165, 1.54) is 18.7 Å². The molecule has 1 aromatic heterocycles. The SMILES string of the molecule is O=C=NCCCCCCc1ncncn1. The molecule has 0 unspecified atom stereocenters. The summed E-state index contributed by atoms with van der Waals surface area (Å²) in [6, 6.07) is 0. The quantitative estimate of drug-likeness (QED) is 0.383. The van der Waals surface area contributed by atoms with Gasteiger partial charge in [0.25, 0.3) is 0 Å². The molecule has 0 spiro atoms. The molecule has 5 nitrogen and oxygen atoms in total. The third kappa shape index (κ3) is 5.65. The van der Waals surface area contributed by atoms with Gasteiger partial charge in [-0.15, -0.1) is 0 Å². The van der Waals surface area contributed by atoms with Gasteiger partial charge in [0.2, 0.25) is 6.08 Å². The first-order chi connectivity index (χ1) is 7.43. The number of hydrogen-bond donors (Lipinski definition) is 0. The molecule has 0 amide bonds. The predicted octanol–water partition coefficient (Wildman–Crippen LogP) is 1.31. The molecule has 0 aliphatic carbocycles. The van der Waals surface area contributed by atoms with Gasteiger partial charge in [-0.3, -0.25) is 0 Å². The number of aliphatic imine (C=N–C) groups is 1. The molecule has 0 atom stereocenters. The lowest BCUT2D eigenvalue weighted by Gasteiger charge is -1.98. The summed E-state index contributed by atoms with van der Waals surface area (Å²) in [6.07, 6.45) is 9.66. The third-order valence-corrected chi connectivity index (χ3v) is 2.03. The van der Waals surface area contributed by atoms with Crippen LogP contribution >= 0.6 is 0 Å². The van der Waals surface area contributed by atoms with Crippen LogP contribution in [0.25, 0.3) is 0 Å². The number of rotatable bonds is 7. The highest BCUT2D eigenvalue weighted by molar-refractivity contribution is 5.32. The minimum Gasteiger partial charge on any atom is -0.225 e. The molecule has 0 saturated carbocycles. The minimum atomic E-state index is 0.593. The predicted molar refractivity (Wildman–Crippen MR) is 55.0 cm³/mol. The zero-order valence-electron chi connectivity index (χ0n) is 8.59. The van der Waals surface area contributed by atoms with Crippen molar-refractivity contribution < 1.29 is 4.79 Å². The molecule has 0 radical (unpaired) electrons. The molecule has 0 aliphatic heterocycles. The fraction of sp³-hybridized carbons (Fsp3) is 0.600. The summed E-state index contributed by atoms with van der Waals surface area (Å²) in [4.78, 5) is 25.1. The Morgan fingerprint density at radius 2 is 1.87 bits per heavy atom. The van der Waals surface area contributed by atoms with Crippen LogP contribution in [0.4, 0.5) is 0 Å². The summed E-state index contributed by atoms with van der Waals surface area (Å²) >= 11 is 0. The summed E-state index contributed by atoms with van der Waals surface area (Å²) in [5.41, 5.74) is 0. The maximum Gasteiger partial charge on any atom is 0.234 e. The number of nitrogens with zero attached hydrogens (tertiary/aromatic N) is 4. The van der Waals surface area contributed by atoms with Gasteiger partial charge >= 0.3 is 0 Å². The van der Waals surface area contributed by atoms with Gasteiger partial charge in [0.1, 0.15) is 18.5 Å². The second kappa shape index (κ2) is 7.76. The van der Waals surface area contributed by atoms with Crippen LogP contribution in [0.15, 0.2) is 17.6 Å². The van der Waals surface area contributed by atoms with Crippen LogP contribution in [0.3, 0.4) is 0 Å². The van der Waals surface area contributed by atoms with Crippen LogP contribution in [-0.2, 0) is 11.2 Å². The number of carbonyl (C=O) groups excluding carboxylic acids is 1. The Labute approximate surface area is 88.7 Å². The zero-order chi connectivity index (χ0) is 10.8. The molecule has 0 N–H and O–H groups in total. The summed E-state index contributed by atoms with van der Waals surface area (Å²) in [5.74, 6) is 0.843. The Morgan fingerprint density at radius 3 is 2.60 bits per heavy atom. The van der Waals surface area contributed by atoms with Gasteiger partial charge in [-0.1, -0.05) is 12.8 Å². The van der Waals surface area contributed by atoms with Gasteiger partial charge < -0.3 is 0 Å². The van der Waals surface area contributed by atoms with Crippen molar-refractivity contribution in [1.82, 2.24) is 15.0 Å². The van der Waals surface area contributed by atoms with Crippen molar-refractivity contribution in [3.8, 4) is 0 Å². The molecule has 0 aromatic carbocycles. The topological polar surface area (TPSA) is 68.1 Å². The van der Waals surface area contributed by atoms with E-state index in [1.807, 2.05) is 0 Å². The van der Waals surface area contributed by atoms with E-state index in [0.29, 0.717) is 6.54 Å². The van der Waals surface area contributed by atoms with Crippen LogP contribution in [0.1, 0.15) is 31.5 Å². The molecule has 0 saturated heterocycles. The summed E-state index contributed by atoms with van der Waals surface area (Å²) in [7, 11) is 0. The van der Waals surface area contributed by atoms with Gasteiger partial charge in [-0.25, -0.2) is 24.7 Å². The average Bonchev–Trinajstić information content (AvgIpc) is 2.29. The van der Waals surface area contributed by atoms with Gasteiger partial charge in [0.15, 0.2) is 0 Å². The second-order valence-electron chi connectivity index (χ2n) is 3.19. The normalized spacial score (nSPS) is 9.60. The van der Waals surface area contributed by atoms with Gasteiger partial charge in [-0.05, 0) is 12.8 Å². The average molecular weight is 206 g/mol. The van der Waals surface area contributed by atoms with Crippen molar-refractivity contribution in [2.45, 2.75) is 32.1 Å². The summed E-state index contributed by atoms with van der Waals surface area (Å²) < 4.78 is 0. The van der Waals surface area contributed by atoms with E-state index in [0.717, 1.165) is 37.9 Å². The number of aromatic nitrogens is 3. The molecule has 0 aliphatic rings. The Bertz CT molecular complexity index is 308. The first-order valence-electron chi connectivity index (χ1n) is 5.08. The Balaban J connectivity index is 2.00. The van der Waals surface area contributed by atoms with Crippen LogP contribution in [0, 0.1) is 0 Å². The van der Waals surface area contributed by atoms with Crippen molar-refractivity contribution in [3.63, 3.8) is 0 Å². The fourth-order valence-electron chi connectivity index (χ4n) is 1.27. The Kier molecular flexibility index (Phi) is 5.93. The maximum absolute atomic E-state index is 9.76. The molecule has 1 heterocycles. The fourth-order valence-corrected chi connectivity index (χ4v) is 1.27. The van der Waals surface area contributed by atoms with Crippen LogP contribution in [0.2, 0.25) is 0 Å². The van der Waals surface area contributed by atoms with E-state index in [9.17, 15) is 4.79 Å². The zero-order valence-corrected chi connectivity index (χ0v) is 8.59. The summed E-state index contributed by atoms with van der Waals surface area (Å²) in [5, 5.41) is 0. The highest BCUT2D eigenvalue weighted by Gasteiger charge is 1.95. The Morgan fingerprint density at radius 1 is 1.13 bits per heavy atom. The standard InChI is InChI=1S/C10H14N4O/c15-9-11-6-4-2-1-3-5-10-13-7-12-8-14-10/h7-8H,1-6H2. The van der Waals surface area contributed by atoms with E-state index >= 15 is 0 Å². The Hall–Kier alpha value is -1.61. The van der Waals surface area contributed by atoms with Crippen LogP contribution in [-0.4, -0.2) is 27.6 Å². The monoisotopic (exact) mass is 206 g/mol. The molecule has 5 heteroatoms. The smallest absolute Gasteiger partial charge is 0.225 e. The van der Waals surface area contributed by atoms with Crippen molar-refractivity contribution in [2.75, 3.05) is 6.54 Å². The lowest BCUT2D eigenvalue weighted by atomic mass is 10.1. The number of unbranched alkanes of at least 4 members (excludes halogenated alkanes) is 3. The molecule has 1 aromatic rings. The van der Waals surface area contributed by atoms with E-state index in [1.54, 1.807) is 0 Å². The molecule has 80 valence electrons. The molecular weight excluding hydrogens is 192 g/mol. The van der Waals surface area contributed by atoms with E-state index in [4.69, 9.17) is 0 Å². The molecular formula is C10H14N4O. The lowest BCUT2D eigenvalue weighted by molar-refractivity contribution is 0.560. The summed E-state index contributed by atoms with van der Waals surface area (Å²) in [6.45, 7) is 0.593. The van der Waals surface area contributed by atoms with Gasteiger partial charge in [0, 0.05) is 6.42 Å². The maximum atomic E-state index is 9.76. The van der Waals surface area contributed by atoms with Crippen molar-refractivity contribution in [3.05, 3.63) is 18.5 Å².